The summed E-state index contributed by atoms with van der Waals surface area (Å²) in [6.07, 6.45) is 0. The van der Waals surface area contributed by atoms with Crippen LogP contribution in [-0.4, -0.2) is 46.9 Å². The van der Waals surface area contributed by atoms with Crippen LogP contribution in [-0.2, 0) is 10.0 Å². The third-order valence-corrected chi connectivity index (χ3v) is 6.83. The van der Waals surface area contributed by atoms with E-state index in [0.717, 1.165) is 15.4 Å². The van der Waals surface area contributed by atoms with Crippen molar-refractivity contribution < 1.29 is 22.7 Å². The quantitative estimate of drug-likeness (QED) is 0.744. The molecule has 0 saturated heterocycles. The molecule has 0 aliphatic rings. The Kier molecular flexibility index (Phi) is 6.92. The molecular formula is C21H28N2O5S. The number of sulfonamides is 1. The average molecular weight is 421 g/mol. The molecule has 158 valence electrons. The lowest BCUT2D eigenvalue weighted by atomic mass is 10.0. The van der Waals surface area contributed by atoms with Gasteiger partial charge < -0.3 is 14.8 Å². The zero-order valence-electron chi connectivity index (χ0n) is 17.9. The monoisotopic (exact) mass is 420 g/mol. The van der Waals surface area contributed by atoms with Crippen LogP contribution in [0.5, 0.6) is 11.5 Å². The number of aryl methyl sites for hydroxylation is 1. The lowest BCUT2D eigenvalue weighted by molar-refractivity contribution is 0.0939. The van der Waals surface area contributed by atoms with E-state index >= 15 is 0 Å². The number of ether oxygens (including phenoxy) is 2. The topological polar surface area (TPSA) is 84.9 Å². The number of nitrogens with zero attached hydrogens (tertiary/aromatic N) is 1. The third kappa shape index (κ3) is 4.71. The molecule has 0 saturated carbocycles. The van der Waals surface area contributed by atoms with E-state index < -0.39 is 10.0 Å². The van der Waals surface area contributed by atoms with E-state index in [0.29, 0.717) is 17.1 Å². The Labute approximate surface area is 172 Å². The minimum absolute atomic E-state index is 0.124. The van der Waals surface area contributed by atoms with Crippen molar-refractivity contribution >= 4 is 15.9 Å². The van der Waals surface area contributed by atoms with Gasteiger partial charge in [0.15, 0.2) is 0 Å². The van der Waals surface area contributed by atoms with Crippen LogP contribution in [0.2, 0.25) is 0 Å². The molecule has 2 rings (SSSR count). The molecule has 1 N–H and O–H groups in total. The number of methoxy groups -OCH3 is 2. The van der Waals surface area contributed by atoms with E-state index in [1.807, 2.05) is 6.92 Å². The summed E-state index contributed by atoms with van der Waals surface area (Å²) in [6, 6.07) is 8.07. The fourth-order valence-electron chi connectivity index (χ4n) is 2.96. The first-order chi connectivity index (χ1) is 13.5. The normalized spacial score (nSPS) is 12.6. The fraction of sp³-hybridized carbons (Fsp3) is 0.381. The molecule has 0 spiro atoms. The Balaban J connectivity index is 2.40. The molecule has 29 heavy (non-hydrogen) atoms. The minimum atomic E-state index is -3.67. The summed E-state index contributed by atoms with van der Waals surface area (Å²) < 4.78 is 37.1. The summed E-state index contributed by atoms with van der Waals surface area (Å²) in [6.45, 7) is 5.35. The second-order valence-corrected chi connectivity index (χ2v) is 9.13. The molecule has 0 fully saturated rings. The molecule has 2 aromatic rings. The number of hydrogen-bond acceptors (Lipinski definition) is 5. The van der Waals surface area contributed by atoms with Crippen molar-refractivity contribution in [3.63, 3.8) is 0 Å². The number of carbonyl (C=O) groups is 1. The standard InChI is InChI=1S/C21H28N2O5S/c1-13-10-16(11-20(14(13)2)29(25,26)23(4)5)21(24)22-15(3)18-12-17(27-6)8-9-19(18)28-7/h8-12,15H,1-7H3,(H,22,24). The highest BCUT2D eigenvalue weighted by atomic mass is 32.2. The van der Waals surface area contributed by atoms with Crippen LogP contribution in [0.4, 0.5) is 0 Å². The minimum Gasteiger partial charge on any atom is -0.497 e. The summed E-state index contributed by atoms with van der Waals surface area (Å²) in [5, 5.41) is 2.91. The molecule has 1 atom stereocenters. The molecule has 1 amide bonds. The summed E-state index contributed by atoms with van der Waals surface area (Å²) in [4.78, 5) is 13.0. The lowest BCUT2D eigenvalue weighted by Crippen LogP contribution is -2.28. The average Bonchev–Trinajstić information content (AvgIpc) is 2.68. The zero-order valence-corrected chi connectivity index (χ0v) is 18.7. The third-order valence-electron chi connectivity index (χ3n) is 4.89. The summed E-state index contributed by atoms with van der Waals surface area (Å²) in [7, 11) is 2.39. The van der Waals surface area contributed by atoms with Gasteiger partial charge in [0.1, 0.15) is 11.5 Å². The van der Waals surface area contributed by atoms with Crippen molar-refractivity contribution in [2.45, 2.75) is 31.7 Å². The van der Waals surface area contributed by atoms with Crippen molar-refractivity contribution in [3.8, 4) is 11.5 Å². The number of benzene rings is 2. The van der Waals surface area contributed by atoms with Gasteiger partial charge in [-0.05, 0) is 62.2 Å². The number of rotatable bonds is 7. The highest BCUT2D eigenvalue weighted by molar-refractivity contribution is 7.89. The Bertz CT molecular complexity index is 1020. The Morgan fingerprint density at radius 3 is 2.28 bits per heavy atom. The molecule has 0 bridgehead atoms. The Hall–Kier alpha value is -2.58. The van der Waals surface area contributed by atoms with Crippen molar-refractivity contribution in [2.24, 2.45) is 0 Å². The smallest absolute Gasteiger partial charge is 0.251 e. The first-order valence-electron chi connectivity index (χ1n) is 9.09. The van der Waals surface area contributed by atoms with E-state index in [1.165, 1.54) is 20.2 Å². The van der Waals surface area contributed by atoms with E-state index in [4.69, 9.17) is 9.47 Å². The molecule has 0 heterocycles. The van der Waals surface area contributed by atoms with Crippen LogP contribution in [0.3, 0.4) is 0 Å². The lowest BCUT2D eigenvalue weighted by Gasteiger charge is -2.20. The number of hydrogen-bond donors (Lipinski definition) is 1. The van der Waals surface area contributed by atoms with Gasteiger partial charge >= 0.3 is 0 Å². The Morgan fingerprint density at radius 1 is 1.07 bits per heavy atom. The van der Waals surface area contributed by atoms with Crippen LogP contribution >= 0.6 is 0 Å². The predicted octanol–water partition coefficient (Wildman–Crippen LogP) is 3.06. The summed E-state index contributed by atoms with van der Waals surface area (Å²) in [5.74, 6) is 0.891. The first-order valence-corrected chi connectivity index (χ1v) is 10.5. The van der Waals surface area contributed by atoms with Crippen LogP contribution in [0.1, 0.15) is 40.0 Å². The van der Waals surface area contributed by atoms with Gasteiger partial charge in [0.25, 0.3) is 5.91 Å². The van der Waals surface area contributed by atoms with Crippen LogP contribution in [0.25, 0.3) is 0 Å². The Morgan fingerprint density at radius 2 is 1.72 bits per heavy atom. The van der Waals surface area contributed by atoms with Crippen molar-refractivity contribution in [2.75, 3.05) is 28.3 Å². The van der Waals surface area contributed by atoms with Crippen molar-refractivity contribution in [1.29, 1.82) is 0 Å². The van der Waals surface area contributed by atoms with Gasteiger partial charge in [0.05, 0.1) is 25.2 Å². The predicted molar refractivity (Wildman–Crippen MR) is 112 cm³/mol. The highest BCUT2D eigenvalue weighted by Gasteiger charge is 2.24. The van der Waals surface area contributed by atoms with Crippen molar-refractivity contribution in [3.05, 3.63) is 52.6 Å². The zero-order chi connectivity index (χ0) is 21.9. The molecular weight excluding hydrogens is 392 g/mol. The number of amides is 1. The van der Waals surface area contributed by atoms with Gasteiger partial charge in [-0.25, -0.2) is 12.7 Å². The molecule has 1 unspecified atom stereocenters. The van der Waals surface area contributed by atoms with Crippen molar-refractivity contribution in [1.82, 2.24) is 9.62 Å². The fourth-order valence-corrected chi connectivity index (χ4v) is 4.18. The maximum Gasteiger partial charge on any atom is 0.251 e. The van der Waals surface area contributed by atoms with Gasteiger partial charge in [-0.3, -0.25) is 4.79 Å². The SMILES string of the molecule is COc1ccc(OC)c(C(C)NC(=O)c2cc(C)c(C)c(S(=O)(=O)N(C)C)c2)c1. The maximum atomic E-state index is 12.9. The molecule has 0 radical (unpaired) electrons. The number of carbonyl (C=O) groups excluding carboxylic acids is 1. The summed E-state index contributed by atoms with van der Waals surface area (Å²) in [5.41, 5.74) is 2.38. The number of nitrogens with one attached hydrogen (secondary N) is 1. The molecule has 0 aliphatic carbocycles. The largest absolute Gasteiger partial charge is 0.497 e. The van der Waals surface area contributed by atoms with Gasteiger partial charge in [-0.2, -0.15) is 0 Å². The van der Waals surface area contributed by atoms with Gasteiger partial charge in [-0.15, -0.1) is 0 Å². The van der Waals surface area contributed by atoms with E-state index in [2.05, 4.69) is 5.32 Å². The van der Waals surface area contributed by atoms with E-state index in [9.17, 15) is 13.2 Å². The van der Waals surface area contributed by atoms with Gasteiger partial charge in [0, 0.05) is 25.2 Å². The van der Waals surface area contributed by atoms with Crippen LogP contribution < -0.4 is 14.8 Å². The first kappa shape index (κ1) is 22.7. The van der Waals surface area contributed by atoms with Gasteiger partial charge in [-0.1, -0.05) is 0 Å². The van der Waals surface area contributed by atoms with E-state index in [-0.39, 0.29) is 22.4 Å². The second-order valence-electron chi connectivity index (χ2n) is 7.01. The highest BCUT2D eigenvalue weighted by Crippen LogP contribution is 2.30. The summed E-state index contributed by atoms with van der Waals surface area (Å²) >= 11 is 0. The van der Waals surface area contributed by atoms with Gasteiger partial charge in [0.2, 0.25) is 10.0 Å². The molecule has 0 aromatic heterocycles. The molecule has 7 nitrogen and oxygen atoms in total. The van der Waals surface area contributed by atoms with E-state index in [1.54, 1.807) is 52.3 Å². The maximum absolute atomic E-state index is 12.9. The van der Waals surface area contributed by atoms with Crippen LogP contribution in [0.15, 0.2) is 35.2 Å². The second kappa shape index (κ2) is 8.84. The molecule has 0 aliphatic heterocycles. The molecule has 8 heteroatoms. The molecule has 2 aromatic carbocycles. The van der Waals surface area contributed by atoms with Crippen LogP contribution in [0, 0.1) is 13.8 Å².